The first-order valence-corrected chi connectivity index (χ1v) is 19.6. The van der Waals surface area contributed by atoms with Crippen LogP contribution in [0.1, 0.15) is 23.1 Å². The van der Waals surface area contributed by atoms with E-state index >= 15 is 0 Å². The predicted octanol–water partition coefficient (Wildman–Crippen LogP) is 11.2. The number of nitrogens with zero attached hydrogens (tertiary/aromatic N) is 1. The first kappa shape index (κ1) is 36.3. The molecule has 0 bridgehead atoms. The third kappa shape index (κ3) is 5.68. The second-order valence-electron chi connectivity index (χ2n) is 15.1. The van der Waals surface area contributed by atoms with Gasteiger partial charge < -0.3 is 40.6 Å². The van der Waals surface area contributed by atoms with Crippen molar-refractivity contribution in [1.29, 1.82) is 0 Å². The summed E-state index contributed by atoms with van der Waals surface area (Å²) in [5, 5.41) is 55.9. The Morgan fingerprint density at radius 2 is 1.27 bits per heavy atom. The molecule has 0 saturated carbocycles. The summed E-state index contributed by atoms with van der Waals surface area (Å²) in [6.45, 7) is 0. The Balaban J connectivity index is 1.17. The minimum atomic E-state index is -1.04. The van der Waals surface area contributed by atoms with Crippen LogP contribution in [0.25, 0.3) is 61.0 Å². The van der Waals surface area contributed by atoms with E-state index in [-0.39, 0.29) is 17.6 Å². The molecular formula is C52H38N2O6. The van der Waals surface area contributed by atoms with E-state index in [1.54, 1.807) is 12.2 Å². The molecule has 8 nitrogen and oxygen atoms in total. The van der Waals surface area contributed by atoms with E-state index in [1.807, 2.05) is 60.7 Å². The van der Waals surface area contributed by atoms with Crippen molar-refractivity contribution < 1.29 is 30.3 Å². The van der Waals surface area contributed by atoms with Crippen LogP contribution >= 0.6 is 0 Å². The van der Waals surface area contributed by atoms with Gasteiger partial charge in [-0.3, -0.25) is 0 Å². The lowest BCUT2D eigenvalue weighted by atomic mass is 9.77. The van der Waals surface area contributed by atoms with Crippen molar-refractivity contribution in [3.05, 3.63) is 198 Å². The summed E-state index contributed by atoms with van der Waals surface area (Å²) < 4.78 is 8.86. The van der Waals surface area contributed by atoms with E-state index in [0.717, 1.165) is 55.3 Å². The molecule has 2 aliphatic rings. The maximum Gasteiger partial charge on any atom is 0.208 e. The average Bonchev–Trinajstić information content (AvgIpc) is 3.95. The highest BCUT2D eigenvalue weighted by Gasteiger charge is 2.45. The van der Waals surface area contributed by atoms with Crippen LogP contribution < -0.4 is 10.5 Å². The molecule has 0 radical (unpaired) electrons. The van der Waals surface area contributed by atoms with Gasteiger partial charge in [-0.25, -0.2) is 0 Å². The van der Waals surface area contributed by atoms with E-state index in [1.165, 1.54) is 0 Å². The topological polar surface area (TPSA) is 141 Å². The molecule has 0 amide bonds. The number of para-hydroxylation sites is 1. The van der Waals surface area contributed by atoms with Gasteiger partial charge in [-0.15, -0.1) is 0 Å². The number of aromatic nitrogens is 1. The SMILES string of the molecule is N/C(=C\C(=C/CC12C=CC=C1Oc1ccc(-n3c4ccccc4c4cc(-c5ccccc5)cc(-c5ccccc5)c43)cc12)c1c(O)c(O)c(O)c(O)c1O)c1ccccc1. The molecule has 7 aromatic carbocycles. The van der Waals surface area contributed by atoms with Crippen molar-refractivity contribution >= 4 is 33.1 Å². The van der Waals surface area contributed by atoms with Gasteiger partial charge in [-0.1, -0.05) is 127 Å². The van der Waals surface area contributed by atoms with E-state index in [2.05, 4.69) is 108 Å². The van der Waals surface area contributed by atoms with Gasteiger partial charge in [0, 0.05) is 33.3 Å². The molecule has 7 N–H and O–H groups in total. The van der Waals surface area contributed by atoms with Crippen molar-refractivity contribution in [1.82, 2.24) is 4.57 Å². The molecule has 10 rings (SSSR count). The fourth-order valence-electron chi connectivity index (χ4n) is 8.72. The van der Waals surface area contributed by atoms with Gasteiger partial charge in [-0.2, -0.15) is 0 Å². The van der Waals surface area contributed by atoms with Crippen LogP contribution in [0.15, 0.2) is 182 Å². The van der Waals surface area contributed by atoms with E-state index in [4.69, 9.17) is 10.5 Å². The highest BCUT2D eigenvalue weighted by atomic mass is 16.5. The van der Waals surface area contributed by atoms with Crippen LogP contribution in [0.2, 0.25) is 0 Å². The van der Waals surface area contributed by atoms with Crippen molar-refractivity contribution in [3.8, 4) is 62.4 Å². The molecule has 8 aromatic rings. The summed E-state index contributed by atoms with van der Waals surface area (Å²) >= 11 is 0. The number of hydrogen-bond acceptors (Lipinski definition) is 7. The number of benzene rings is 7. The molecule has 1 unspecified atom stereocenters. The predicted molar refractivity (Wildman–Crippen MR) is 237 cm³/mol. The van der Waals surface area contributed by atoms with E-state index in [0.29, 0.717) is 22.8 Å². The van der Waals surface area contributed by atoms with Gasteiger partial charge in [0.1, 0.15) is 11.5 Å². The van der Waals surface area contributed by atoms with Gasteiger partial charge in [0.2, 0.25) is 17.2 Å². The average molecular weight is 787 g/mol. The van der Waals surface area contributed by atoms with Crippen LogP contribution in [-0.2, 0) is 5.41 Å². The Labute approximate surface area is 345 Å². The lowest BCUT2D eigenvalue weighted by Crippen LogP contribution is -2.21. The highest BCUT2D eigenvalue weighted by molar-refractivity contribution is 6.15. The third-order valence-electron chi connectivity index (χ3n) is 11.7. The van der Waals surface area contributed by atoms with Gasteiger partial charge >= 0.3 is 0 Å². The molecule has 8 heteroatoms. The second-order valence-corrected chi connectivity index (χ2v) is 15.1. The molecule has 1 aromatic heterocycles. The standard InChI is InChI=1S/C52H38N2O6/c53-41(33-17-8-3-9-18-33)29-34(45-47(55)49(57)51(59)50(58)48(45)56)24-26-52-25-12-21-44(52)60-43-23-22-36(30-40(43)52)54-42-20-11-10-19-37(42)39-28-35(31-13-4-1-5-14-31)27-38(46(39)54)32-15-6-2-7-16-32/h1-25,27-30,55-59H,26,53H2/b34-24+,41-29-. The summed E-state index contributed by atoms with van der Waals surface area (Å²) in [5.41, 5.74) is 15.0. The maximum absolute atomic E-state index is 11.1. The fraction of sp³-hybridized carbons (Fsp3) is 0.0385. The zero-order valence-corrected chi connectivity index (χ0v) is 32.1. The smallest absolute Gasteiger partial charge is 0.208 e. The molecule has 292 valence electrons. The molecule has 1 aliphatic heterocycles. The van der Waals surface area contributed by atoms with Crippen molar-refractivity contribution in [3.63, 3.8) is 0 Å². The lowest BCUT2D eigenvalue weighted by Gasteiger charge is -2.23. The summed E-state index contributed by atoms with van der Waals surface area (Å²) in [6, 6.07) is 49.2. The lowest BCUT2D eigenvalue weighted by molar-refractivity contribution is 0.327. The largest absolute Gasteiger partial charge is 0.504 e. The molecule has 0 fully saturated rings. The van der Waals surface area contributed by atoms with Crippen LogP contribution in [0.4, 0.5) is 0 Å². The van der Waals surface area contributed by atoms with Crippen molar-refractivity contribution in [2.75, 3.05) is 0 Å². The van der Waals surface area contributed by atoms with E-state index in [9.17, 15) is 25.5 Å². The molecule has 2 heterocycles. The highest BCUT2D eigenvalue weighted by Crippen LogP contribution is 2.56. The molecule has 1 atom stereocenters. The number of rotatable bonds is 8. The summed E-state index contributed by atoms with van der Waals surface area (Å²) in [4.78, 5) is 0. The molecular weight excluding hydrogens is 749 g/mol. The number of nitrogens with two attached hydrogens (primary N) is 1. The minimum absolute atomic E-state index is 0.194. The third-order valence-corrected chi connectivity index (χ3v) is 11.7. The summed E-state index contributed by atoms with van der Waals surface area (Å²) in [5.74, 6) is -3.26. The number of phenols is 5. The quantitative estimate of drug-likeness (QED) is 0.0512. The van der Waals surface area contributed by atoms with E-state index < -0.39 is 34.2 Å². The van der Waals surface area contributed by atoms with Gasteiger partial charge in [-0.05, 0) is 82.8 Å². The Bertz CT molecular complexity index is 3120. The number of allylic oxidation sites excluding steroid dienone is 6. The zero-order valence-electron chi connectivity index (χ0n) is 32.1. The van der Waals surface area contributed by atoms with Crippen molar-refractivity contribution in [2.24, 2.45) is 5.73 Å². The first-order chi connectivity index (χ1) is 29.2. The number of aromatic hydroxyl groups is 5. The maximum atomic E-state index is 11.1. The Kier molecular flexibility index (Phi) is 8.50. The minimum Gasteiger partial charge on any atom is -0.504 e. The van der Waals surface area contributed by atoms with Crippen LogP contribution in [0.3, 0.4) is 0 Å². The number of hydrogen-bond donors (Lipinski definition) is 6. The van der Waals surface area contributed by atoms with Gasteiger partial charge in [0.25, 0.3) is 0 Å². The molecule has 0 saturated heterocycles. The Morgan fingerprint density at radius 3 is 1.98 bits per heavy atom. The molecule has 1 aliphatic carbocycles. The first-order valence-electron chi connectivity index (χ1n) is 19.6. The zero-order chi connectivity index (χ0) is 41.1. The monoisotopic (exact) mass is 786 g/mol. The van der Waals surface area contributed by atoms with Crippen molar-refractivity contribution in [2.45, 2.75) is 11.8 Å². The number of fused-ring (bicyclic) bond motifs is 6. The Morgan fingerprint density at radius 1 is 0.633 bits per heavy atom. The number of ether oxygens (including phenoxy) is 1. The van der Waals surface area contributed by atoms with Crippen LogP contribution in [-0.4, -0.2) is 30.1 Å². The normalized spacial score (nSPS) is 15.9. The van der Waals surface area contributed by atoms with Crippen LogP contribution in [0, 0.1) is 0 Å². The number of phenolic OH excluding ortho intramolecular Hbond substituents is 5. The van der Waals surface area contributed by atoms with Gasteiger partial charge in [0.05, 0.1) is 22.0 Å². The second kappa shape index (κ2) is 14.1. The van der Waals surface area contributed by atoms with Gasteiger partial charge in [0.15, 0.2) is 11.5 Å². The summed E-state index contributed by atoms with van der Waals surface area (Å²) in [6.07, 6.45) is 9.51. The van der Waals surface area contributed by atoms with Crippen LogP contribution in [0.5, 0.6) is 34.5 Å². The molecule has 0 spiro atoms. The molecule has 60 heavy (non-hydrogen) atoms. The Hall–Kier alpha value is -8.10. The summed E-state index contributed by atoms with van der Waals surface area (Å²) in [7, 11) is 0. The fourth-order valence-corrected chi connectivity index (χ4v) is 8.72.